The molecule has 6 nitrogen and oxygen atoms in total. The molecule has 1 saturated heterocycles. The van der Waals surface area contributed by atoms with Crippen molar-refractivity contribution in [3.63, 3.8) is 0 Å². The summed E-state index contributed by atoms with van der Waals surface area (Å²) in [6.07, 6.45) is 1.98. The molecule has 1 heterocycles. The van der Waals surface area contributed by atoms with Crippen molar-refractivity contribution in [3.05, 3.63) is 54.1 Å². The van der Waals surface area contributed by atoms with Gasteiger partial charge in [0.2, 0.25) is 0 Å². The maximum Gasteiger partial charge on any atom is 0.191 e. The van der Waals surface area contributed by atoms with Crippen LogP contribution in [0.25, 0.3) is 0 Å². The summed E-state index contributed by atoms with van der Waals surface area (Å²) in [7, 11) is 3.54. The SMILES string of the molecule is CCOc1cccc(CCNC(=NC)NC2CCN(c3ccccc3OC)C2)c1. The number of benzene rings is 2. The molecule has 6 heteroatoms. The summed E-state index contributed by atoms with van der Waals surface area (Å²) >= 11 is 0. The lowest BCUT2D eigenvalue weighted by Crippen LogP contribution is -2.45. The van der Waals surface area contributed by atoms with Crippen LogP contribution >= 0.6 is 0 Å². The molecule has 2 aromatic rings. The van der Waals surface area contributed by atoms with E-state index in [2.05, 4.69) is 44.8 Å². The summed E-state index contributed by atoms with van der Waals surface area (Å²) in [6, 6.07) is 16.8. The Hall–Kier alpha value is -2.89. The zero-order chi connectivity index (χ0) is 20.5. The van der Waals surface area contributed by atoms with E-state index in [9.17, 15) is 0 Å². The van der Waals surface area contributed by atoms with Gasteiger partial charge in [-0.05, 0) is 49.6 Å². The summed E-state index contributed by atoms with van der Waals surface area (Å²) in [5.41, 5.74) is 2.40. The minimum Gasteiger partial charge on any atom is -0.495 e. The molecule has 0 radical (unpaired) electrons. The molecule has 3 rings (SSSR count). The summed E-state index contributed by atoms with van der Waals surface area (Å²) in [6.45, 7) is 5.43. The van der Waals surface area contributed by atoms with Crippen molar-refractivity contribution in [2.75, 3.05) is 45.3 Å². The molecule has 0 aliphatic carbocycles. The van der Waals surface area contributed by atoms with Gasteiger partial charge >= 0.3 is 0 Å². The molecule has 1 atom stereocenters. The van der Waals surface area contributed by atoms with Gasteiger partial charge in [-0.25, -0.2) is 0 Å². The number of hydrogen-bond donors (Lipinski definition) is 2. The average Bonchev–Trinajstić information content (AvgIpc) is 3.22. The van der Waals surface area contributed by atoms with E-state index in [0.717, 1.165) is 55.6 Å². The van der Waals surface area contributed by atoms with Gasteiger partial charge in [0, 0.05) is 32.7 Å². The molecular formula is C23H32N4O2. The Morgan fingerprint density at radius 2 is 2.07 bits per heavy atom. The first-order chi connectivity index (χ1) is 14.2. The number of nitrogens with one attached hydrogen (secondary N) is 2. The number of aliphatic imine (C=N–C) groups is 1. The topological polar surface area (TPSA) is 58.1 Å². The van der Waals surface area contributed by atoms with Gasteiger partial charge < -0.3 is 25.0 Å². The van der Waals surface area contributed by atoms with Crippen LogP contribution in [0.3, 0.4) is 0 Å². The van der Waals surface area contributed by atoms with Crippen molar-refractivity contribution >= 4 is 11.6 Å². The first kappa shape index (κ1) is 20.8. The highest BCUT2D eigenvalue weighted by atomic mass is 16.5. The van der Waals surface area contributed by atoms with E-state index in [1.54, 1.807) is 7.11 Å². The van der Waals surface area contributed by atoms with Crippen LogP contribution in [0.2, 0.25) is 0 Å². The third-order valence-corrected chi connectivity index (χ3v) is 5.09. The molecule has 1 unspecified atom stereocenters. The van der Waals surface area contributed by atoms with Gasteiger partial charge in [-0.2, -0.15) is 0 Å². The summed E-state index contributed by atoms with van der Waals surface area (Å²) in [4.78, 5) is 6.75. The molecule has 1 aliphatic heterocycles. The summed E-state index contributed by atoms with van der Waals surface area (Å²) in [5.74, 6) is 2.69. The maximum atomic E-state index is 5.58. The van der Waals surface area contributed by atoms with Crippen LogP contribution in [0.5, 0.6) is 11.5 Å². The lowest BCUT2D eigenvalue weighted by atomic mass is 10.1. The van der Waals surface area contributed by atoms with E-state index < -0.39 is 0 Å². The fourth-order valence-corrected chi connectivity index (χ4v) is 3.66. The third kappa shape index (κ3) is 5.79. The van der Waals surface area contributed by atoms with E-state index in [-0.39, 0.29) is 0 Å². The molecule has 2 N–H and O–H groups in total. The highest BCUT2D eigenvalue weighted by Crippen LogP contribution is 2.30. The lowest BCUT2D eigenvalue weighted by molar-refractivity contribution is 0.340. The predicted octanol–water partition coefficient (Wildman–Crippen LogP) is 3.08. The molecule has 0 amide bonds. The van der Waals surface area contributed by atoms with Gasteiger partial charge in [0.1, 0.15) is 11.5 Å². The Labute approximate surface area is 173 Å². The van der Waals surface area contributed by atoms with Crippen molar-refractivity contribution in [1.29, 1.82) is 0 Å². The molecule has 0 saturated carbocycles. The number of hydrogen-bond acceptors (Lipinski definition) is 4. The Bertz CT molecular complexity index is 809. The van der Waals surface area contributed by atoms with E-state index >= 15 is 0 Å². The Morgan fingerprint density at radius 1 is 1.21 bits per heavy atom. The number of para-hydroxylation sites is 2. The maximum absolute atomic E-state index is 5.58. The Balaban J connectivity index is 1.48. The first-order valence-corrected chi connectivity index (χ1v) is 10.3. The Morgan fingerprint density at radius 3 is 2.86 bits per heavy atom. The highest BCUT2D eigenvalue weighted by Gasteiger charge is 2.25. The third-order valence-electron chi connectivity index (χ3n) is 5.09. The van der Waals surface area contributed by atoms with Crippen LogP contribution in [0, 0.1) is 0 Å². The van der Waals surface area contributed by atoms with Crippen LogP contribution in [0.1, 0.15) is 18.9 Å². The van der Waals surface area contributed by atoms with Crippen LogP contribution < -0.4 is 25.0 Å². The van der Waals surface area contributed by atoms with Gasteiger partial charge in [0.05, 0.1) is 19.4 Å². The van der Waals surface area contributed by atoms with E-state index in [1.165, 1.54) is 5.56 Å². The molecule has 1 fully saturated rings. The second-order valence-electron chi connectivity index (χ2n) is 7.08. The number of ether oxygens (including phenoxy) is 2. The number of rotatable bonds is 8. The summed E-state index contributed by atoms with van der Waals surface area (Å²) in [5, 5.41) is 6.98. The van der Waals surface area contributed by atoms with Crippen molar-refractivity contribution in [1.82, 2.24) is 10.6 Å². The van der Waals surface area contributed by atoms with Gasteiger partial charge in [-0.1, -0.05) is 24.3 Å². The van der Waals surface area contributed by atoms with E-state index in [0.29, 0.717) is 12.6 Å². The van der Waals surface area contributed by atoms with Crippen LogP contribution in [0.15, 0.2) is 53.5 Å². The fourth-order valence-electron chi connectivity index (χ4n) is 3.66. The molecule has 0 bridgehead atoms. The predicted molar refractivity (Wildman–Crippen MR) is 119 cm³/mol. The van der Waals surface area contributed by atoms with Crippen molar-refractivity contribution < 1.29 is 9.47 Å². The highest BCUT2D eigenvalue weighted by molar-refractivity contribution is 5.80. The minimum atomic E-state index is 0.354. The molecule has 0 aromatic heterocycles. The van der Waals surface area contributed by atoms with Crippen LogP contribution in [0.4, 0.5) is 5.69 Å². The normalized spacial score (nSPS) is 16.6. The van der Waals surface area contributed by atoms with Crippen molar-refractivity contribution in [2.45, 2.75) is 25.8 Å². The van der Waals surface area contributed by atoms with E-state index in [4.69, 9.17) is 9.47 Å². The van der Waals surface area contributed by atoms with Crippen LogP contribution in [-0.4, -0.2) is 52.4 Å². The second-order valence-corrected chi connectivity index (χ2v) is 7.08. The smallest absolute Gasteiger partial charge is 0.191 e. The quantitative estimate of drug-likeness (QED) is 0.530. The largest absolute Gasteiger partial charge is 0.495 e. The standard InChI is InChI=1S/C23H32N4O2/c1-4-29-20-9-7-8-18(16-20)12-14-25-23(24-2)26-19-13-15-27(17-19)21-10-5-6-11-22(21)28-3/h5-11,16,19H,4,12-15,17H2,1-3H3,(H2,24,25,26). The second kappa shape index (κ2) is 10.6. The molecule has 1 aliphatic rings. The number of methoxy groups -OCH3 is 1. The number of anilines is 1. The number of guanidine groups is 1. The average molecular weight is 397 g/mol. The van der Waals surface area contributed by atoms with Crippen molar-refractivity contribution in [3.8, 4) is 11.5 Å². The van der Waals surface area contributed by atoms with Gasteiger partial charge in [-0.3, -0.25) is 4.99 Å². The molecular weight excluding hydrogens is 364 g/mol. The van der Waals surface area contributed by atoms with Gasteiger partial charge in [-0.15, -0.1) is 0 Å². The zero-order valence-electron chi connectivity index (χ0n) is 17.6. The molecule has 0 spiro atoms. The molecule has 29 heavy (non-hydrogen) atoms. The van der Waals surface area contributed by atoms with E-state index in [1.807, 2.05) is 38.2 Å². The van der Waals surface area contributed by atoms with Crippen LogP contribution in [-0.2, 0) is 6.42 Å². The first-order valence-electron chi connectivity index (χ1n) is 10.3. The lowest BCUT2D eigenvalue weighted by Gasteiger charge is -2.22. The zero-order valence-corrected chi connectivity index (χ0v) is 17.6. The Kier molecular flexibility index (Phi) is 7.61. The monoisotopic (exact) mass is 396 g/mol. The van der Waals surface area contributed by atoms with Crippen molar-refractivity contribution in [2.24, 2.45) is 4.99 Å². The number of nitrogens with zero attached hydrogens (tertiary/aromatic N) is 2. The summed E-state index contributed by atoms with van der Waals surface area (Å²) < 4.78 is 11.1. The van der Waals surface area contributed by atoms with Gasteiger partial charge in [0.25, 0.3) is 0 Å². The van der Waals surface area contributed by atoms with Gasteiger partial charge in [0.15, 0.2) is 5.96 Å². The molecule has 2 aromatic carbocycles. The minimum absolute atomic E-state index is 0.354. The molecule has 156 valence electrons. The fraction of sp³-hybridized carbons (Fsp3) is 0.435.